The Morgan fingerprint density at radius 2 is 1.88 bits per heavy atom. The minimum Gasteiger partial charge on any atom is -0.456 e. The minimum absolute atomic E-state index is 0.00796. The maximum absolute atomic E-state index is 10.9. The first-order valence-electron chi connectivity index (χ1n) is 6.81. The summed E-state index contributed by atoms with van der Waals surface area (Å²) in [6.07, 6.45) is 0. The van der Waals surface area contributed by atoms with Gasteiger partial charge in [0.15, 0.2) is 0 Å². The Kier molecular flexibility index (Phi) is 8.68. The van der Waals surface area contributed by atoms with Gasteiger partial charge in [-0.1, -0.05) is 23.2 Å². The molecular weight excluding hydrogens is 394 g/mol. The summed E-state index contributed by atoms with van der Waals surface area (Å²) in [7, 11) is -3.13. The van der Waals surface area contributed by atoms with Crippen LogP contribution in [-0.2, 0) is 4.57 Å². The standard InChI is InChI=1S/C14H12Cl2N2O3.H3O3P/c1-2-17-12-8-10(4-5-13(12)18(19)20)21-14-6-3-9(15)7-11(14)16;1-4(2)3/h3-8,17H,2H2,1H3;4H,(H2,1,2,3). The quantitative estimate of drug-likeness (QED) is 0.378. The summed E-state index contributed by atoms with van der Waals surface area (Å²) < 4.78 is 14.4. The van der Waals surface area contributed by atoms with Crippen molar-refractivity contribution < 1.29 is 24.0 Å². The number of nitro benzene ring substituents is 1. The predicted octanol–water partition coefficient (Wildman–Crippen LogP) is 4.49. The Hall–Kier alpha value is -1.83. The van der Waals surface area contributed by atoms with Gasteiger partial charge in [0.1, 0.15) is 17.2 Å². The van der Waals surface area contributed by atoms with E-state index in [1.54, 1.807) is 24.3 Å². The Bertz CT molecular complexity index is 771. The van der Waals surface area contributed by atoms with Crippen LogP contribution >= 0.6 is 31.5 Å². The van der Waals surface area contributed by atoms with E-state index < -0.39 is 13.2 Å². The number of benzene rings is 2. The van der Waals surface area contributed by atoms with Gasteiger partial charge in [0.05, 0.1) is 9.95 Å². The molecule has 0 radical (unpaired) electrons. The van der Waals surface area contributed by atoms with Crippen molar-refractivity contribution in [1.82, 2.24) is 0 Å². The molecule has 0 spiro atoms. The number of hydrogen-bond donors (Lipinski definition) is 3. The van der Waals surface area contributed by atoms with Crippen molar-refractivity contribution in [3.63, 3.8) is 0 Å². The van der Waals surface area contributed by atoms with Crippen LogP contribution in [-0.4, -0.2) is 21.3 Å². The number of anilines is 1. The molecule has 0 aromatic heterocycles. The van der Waals surface area contributed by atoms with Crippen molar-refractivity contribution >= 4 is 42.8 Å². The van der Waals surface area contributed by atoms with Crippen molar-refractivity contribution in [2.24, 2.45) is 0 Å². The second kappa shape index (κ2) is 10.2. The van der Waals surface area contributed by atoms with Crippen LogP contribution in [0.4, 0.5) is 11.4 Å². The Balaban J connectivity index is 0.000000705. The molecule has 8 nitrogen and oxygen atoms in total. The number of ether oxygens (including phenoxy) is 1. The lowest BCUT2D eigenvalue weighted by molar-refractivity contribution is -0.384. The fourth-order valence-corrected chi connectivity index (χ4v) is 2.20. The lowest BCUT2D eigenvalue weighted by Crippen LogP contribution is -2.01. The molecule has 136 valence electrons. The Labute approximate surface area is 154 Å². The molecule has 0 saturated carbocycles. The highest BCUT2D eigenvalue weighted by atomic mass is 35.5. The molecule has 0 bridgehead atoms. The van der Waals surface area contributed by atoms with Crippen LogP contribution in [0.15, 0.2) is 36.4 Å². The molecule has 0 aliphatic carbocycles. The van der Waals surface area contributed by atoms with E-state index in [9.17, 15) is 10.1 Å². The highest BCUT2D eigenvalue weighted by molar-refractivity contribution is 7.30. The van der Waals surface area contributed by atoms with Crippen LogP contribution in [0, 0.1) is 10.1 Å². The molecule has 0 atom stereocenters. The van der Waals surface area contributed by atoms with Gasteiger partial charge in [0, 0.05) is 23.7 Å². The summed E-state index contributed by atoms with van der Waals surface area (Å²) in [5.41, 5.74) is 0.386. The van der Waals surface area contributed by atoms with Gasteiger partial charge in [-0.2, -0.15) is 0 Å². The highest BCUT2D eigenvalue weighted by Gasteiger charge is 2.14. The lowest BCUT2D eigenvalue weighted by Gasteiger charge is -2.10. The Morgan fingerprint density at radius 1 is 1.24 bits per heavy atom. The number of nitrogens with one attached hydrogen (secondary N) is 1. The van der Waals surface area contributed by atoms with Gasteiger partial charge >= 0.3 is 8.25 Å². The second-order valence-corrected chi connectivity index (χ2v) is 5.83. The van der Waals surface area contributed by atoms with Crippen molar-refractivity contribution in [3.05, 3.63) is 56.6 Å². The van der Waals surface area contributed by atoms with Gasteiger partial charge in [-0.15, -0.1) is 0 Å². The second-order valence-electron chi connectivity index (χ2n) is 4.43. The summed E-state index contributed by atoms with van der Waals surface area (Å²) in [5, 5.41) is 14.7. The van der Waals surface area contributed by atoms with Gasteiger partial charge in [-0.25, -0.2) is 0 Å². The normalized spacial score (nSPS) is 10.0. The van der Waals surface area contributed by atoms with E-state index in [1.165, 1.54) is 12.1 Å². The maximum Gasteiger partial charge on any atom is 0.314 e. The average Bonchev–Trinajstić information content (AvgIpc) is 2.50. The van der Waals surface area contributed by atoms with Crippen LogP contribution in [0.5, 0.6) is 11.5 Å². The first kappa shape index (κ1) is 21.2. The summed E-state index contributed by atoms with van der Waals surface area (Å²) in [6.45, 7) is 2.42. The smallest absolute Gasteiger partial charge is 0.314 e. The molecule has 11 heteroatoms. The van der Waals surface area contributed by atoms with Gasteiger partial charge < -0.3 is 19.8 Å². The summed E-state index contributed by atoms with van der Waals surface area (Å²) in [4.78, 5) is 24.8. The van der Waals surface area contributed by atoms with Gasteiger partial charge in [0.2, 0.25) is 0 Å². The van der Waals surface area contributed by atoms with Crippen LogP contribution in [0.1, 0.15) is 6.92 Å². The zero-order valence-electron chi connectivity index (χ0n) is 12.9. The van der Waals surface area contributed by atoms with Crippen molar-refractivity contribution in [2.75, 3.05) is 11.9 Å². The maximum atomic E-state index is 10.9. The van der Waals surface area contributed by atoms with E-state index in [2.05, 4.69) is 5.32 Å². The molecule has 0 saturated heterocycles. The zero-order chi connectivity index (χ0) is 19.0. The topological polar surface area (TPSA) is 122 Å². The zero-order valence-corrected chi connectivity index (χ0v) is 15.4. The van der Waals surface area contributed by atoms with E-state index in [0.717, 1.165) is 0 Å². The Morgan fingerprint density at radius 3 is 2.40 bits per heavy atom. The molecule has 2 aromatic carbocycles. The van der Waals surface area contributed by atoms with Gasteiger partial charge in [-0.05, 0) is 31.2 Å². The first-order valence-corrected chi connectivity index (χ1v) is 8.87. The summed E-state index contributed by atoms with van der Waals surface area (Å²) in [6, 6.07) is 9.32. The lowest BCUT2D eigenvalue weighted by atomic mass is 10.2. The van der Waals surface area contributed by atoms with Crippen LogP contribution in [0.25, 0.3) is 0 Å². The van der Waals surface area contributed by atoms with E-state index in [4.69, 9.17) is 42.3 Å². The van der Waals surface area contributed by atoms with Crippen molar-refractivity contribution in [2.45, 2.75) is 6.92 Å². The summed E-state index contributed by atoms with van der Waals surface area (Å²) in [5.74, 6) is 0.873. The molecule has 0 amide bonds. The third-order valence-corrected chi connectivity index (χ3v) is 3.18. The molecule has 0 aliphatic rings. The molecule has 0 heterocycles. The molecule has 0 aliphatic heterocycles. The molecular formula is C14H15Cl2N2O6P. The number of hydrogen-bond acceptors (Lipinski definition) is 5. The molecule has 3 N–H and O–H groups in total. The van der Waals surface area contributed by atoms with Crippen molar-refractivity contribution in [3.8, 4) is 11.5 Å². The molecule has 0 fully saturated rings. The van der Waals surface area contributed by atoms with E-state index in [-0.39, 0.29) is 5.69 Å². The third-order valence-electron chi connectivity index (χ3n) is 2.65. The predicted molar refractivity (Wildman–Crippen MR) is 97.2 cm³/mol. The number of halogens is 2. The number of nitro groups is 1. The monoisotopic (exact) mass is 408 g/mol. The van der Waals surface area contributed by atoms with Crippen LogP contribution < -0.4 is 10.1 Å². The fourth-order valence-electron chi connectivity index (χ4n) is 1.75. The van der Waals surface area contributed by atoms with Crippen molar-refractivity contribution in [1.29, 1.82) is 0 Å². The number of rotatable bonds is 5. The fraction of sp³-hybridized carbons (Fsp3) is 0.143. The van der Waals surface area contributed by atoms with Crippen LogP contribution in [0.3, 0.4) is 0 Å². The molecule has 2 rings (SSSR count). The van der Waals surface area contributed by atoms with E-state index >= 15 is 0 Å². The van der Waals surface area contributed by atoms with Gasteiger partial charge in [-0.3, -0.25) is 14.7 Å². The first-order chi connectivity index (χ1) is 11.7. The average molecular weight is 409 g/mol. The molecule has 0 unspecified atom stereocenters. The molecule has 2 aromatic rings. The van der Waals surface area contributed by atoms with E-state index in [1.807, 2.05) is 6.92 Å². The minimum atomic E-state index is -3.13. The van der Waals surface area contributed by atoms with Crippen LogP contribution in [0.2, 0.25) is 10.0 Å². The number of nitrogens with zero attached hydrogens (tertiary/aromatic N) is 1. The highest BCUT2D eigenvalue weighted by Crippen LogP contribution is 2.35. The summed E-state index contributed by atoms with van der Waals surface area (Å²) >= 11 is 11.8. The third kappa shape index (κ3) is 7.29. The van der Waals surface area contributed by atoms with Gasteiger partial charge in [0.25, 0.3) is 5.69 Å². The SMILES string of the molecule is CCNc1cc(Oc2ccc(Cl)cc2Cl)ccc1[N+](=O)[O-].O=[PH](O)O. The van der Waals surface area contributed by atoms with E-state index in [0.29, 0.717) is 33.8 Å². The molecule has 25 heavy (non-hydrogen) atoms. The largest absolute Gasteiger partial charge is 0.456 e.